The number of ether oxygens (including phenoxy) is 1. The van der Waals surface area contributed by atoms with Crippen LogP contribution in [0, 0.1) is 0 Å². The summed E-state index contributed by atoms with van der Waals surface area (Å²) in [6.07, 6.45) is 3.39. The Morgan fingerprint density at radius 1 is 1.58 bits per heavy atom. The summed E-state index contributed by atoms with van der Waals surface area (Å²) in [6.45, 7) is 2.29. The van der Waals surface area contributed by atoms with Crippen molar-refractivity contribution in [2.75, 3.05) is 13.7 Å². The highest BCUT2D eigenvalue weighted by Gasteiger charge is 2.17. The molecule has 0 spiro atoms. The van der Waals surface area contributed by atoms with E-state index in [0.717, 1.165) is 0 Å². The minimum atomic E-state index is -0.369. The van der Waals surface area contributed by atoms with Crippen molar-refractivity contribution < 1.29 is 18.5 Å². The Kier molecular flexibility index (Phi) is 4.30. The number of aromatic nitrogens is 2. The number of nitrogens with one attached hydrogen (secondary N) is 1. The van der Waals surface area contributed by atoms with Crippen LogP contribution in [-0.2, 0) is 11.2 Å². The predicted octanol–water partition coefficient (Wildman–Crippen LogP) is 1.34. The van der Waals surface area contributed by atoms with Gasteiger partial charge in [0.25, 0.3) is 5.91 Å². The van der Waals surface area contributed by atoms with Crippen molar-refractivity contribution in [2.24, 2.45) is 0 Å². The minimum Gasteiger partial charge on any atom is -0.472 e. The van der Waals surface area contributed by atoms with Crippen LogP contribution in [0.5, 0.6) is 0 Å². The van der Waals surface area contributed by atoms with Crippen molar-refractivity contribution >= 4 is 5.91 Å². The number of furan rings is 1. The number of hydrogen-bond donors (Lipinski definition) is 1. The van der Waals surface area contributed by atoms with Gasteiger partial charge in [-0.2, -0.15) is 4.98 Å². The average molecular weight is 265 g/mol. The molecule has 0 aliphatic heterocycles. The highest BCUT2D eigenvalue weighted by atomic mass is 16.5. The van der Waals surface area contributed by atoms with E-state index in [2.05, 4.69) is 15.5 Å². The van der Waals surface area contributed by atoms with Gasteiger partial charge in [0.2, 0.25) is 5.89 Å². The molecule has 1 atom stereocenters. The first kappa shape index (κ1) is 13.3. The molecule has 7 nitrogen and oxygen atoms in total. The number of rotatable bonds is 6. The van der Waals surface area contributed by atoms with Crippen LogP contribution in [0.1, 0.15) is 35.0 Å². The molecule has 19 heavy (non-hydrogen) atoms. The lowest BCUT2D eigenvalue weighted by atomic mass is 10.2. The molecule has 7 heteroatoms. The second kappa shape index (κ2) is 6.14. The molecule has 0 bridgehead atoms. The second-order valence-electron chi connectivity index (χ2n) is 4.00. The predicted molar refractivity (Wildman–Crippen MR) is 64.5 cm³/mol. The summed E-state index contributed by atoms with van der Waals surface area (Å²) < 4.78 is 14.9. The second-order valence-corrected chi connectivity index (χ2v) is 4.00. The number of nitrogens with zero attached hydrogens (tertiary/aromatic N) is 2. The van der Waals surface area contributed by atoms with Crippen LogP contribution in [0.25, 0.3) is 0 Å². The van der Waals surface area contributed by atoms with Crippen molar-refractivity contribution in [3.05, 3.63) is 35.9 Å². The largest absolute Gasteiger partial charge is 0.472 e. The van der Waals surface area contributed by atoms with E-state index in [9.17, 15) is 4.79 Å². The summed E-state index contributed by atoms with van der Waals surface area (Å²) >= 11 is 0. The fourth-order valence-electron chi connectivity index (χ4n) is 1.47. The lowest BCUT2D eigenvalue weighted by molar-refractivity contribution is 0.0932. The van der Waals surface area contributed by atoms with Gasteiger partial charge in [-0.25, -0.2) is 0 Å². The van der Waals surface area contributed by atoms with E-state index >= 15 is 0 Å². The van der Waals surface area contributed by atoms with Gasteiger partial charge in [-0.1, -0.05) is 5.16 Å². The zero-order chi connectivity index (χ0) is 13.7. The lowest BCUT2D eigenvalue weighted by Crippen LogP contribution is -2.26. The normalized spacial score (nSPS) is 12.3. The Balaban J connectivity index is 1.94. The van der Waals surface area contributed by atoms with E-state index in [1.807, 2.05) is 0 Å². The molecule has 0 aliphatic rings. The zero-order valence-electron chi connectivity index (χ0n) is 10.8. The standard InChI is InChI=1S/C12H15N3O4/c1-8(13-11(16)9-3-6-18-7-9)12-14-10(15-19-12)4-5-17-2/h3,6-8H,4-5H2,1-2H3,(H,13,16)/t8-/m1/s1. The summed E-state index contributed by atoms with van der Waals surface area (Å²) in [5.74, 6) is 0.669. The third kappa shape index (κ3) is 3.41. The number of carbonyl (C=O) groups excluding carboxylic acids is 1. The molecule has 0 aromatic carbocycles. The maximum absolute atomic E-state index is 11.8. The van der Waals surface area contributed by atoms with E-state index in [1.165, 1.54) is 12.5 Å². The monoisotopic (exact) mass is 265 g/mol. The van der Waals surface area contributed by atoms with Crippen LogP contribution in [-0.4, -0.2) is 29.8 Å². The first-order chi connectivity index (χ1) is 9.20. The first-order valence-electron chi connectivity index (χ1n) is 5.85. The first-order valence-corrected chi connectivity index (χ1v) is 5.85. The molecule has 2 aromatic rings. The van der Waals surface area contributed by atoms with Crippen LogP contribution in [0.4, 0.5) is 0 Å². The van der Waals surface area contributed by atoms with E-state index in [4.69, 9.17) is 13.7 Å². The summed E-state index contributed by atoms with van der Waals surface area (Å²) in [5, 5.41) is 6.55. The van der Waals surface area contributed by atoms with E-state index in [0.29, 0.717) is 30.3 Å². The van der Waals surface area contributed by atoms with Gasteiger partial charge in [0.1, 0.15) is 12.3 Å². The zero-order valence-corrected chi connectivity index (χ0v) is 10.8. The summed E-state index contributed by atoms with van der Waals surface area (Å²) in [4.78, 5) is 16.0. The Hall–Kier alpha value is -2.15. The minimum absolute atomic E-state index is 0.252. The molecule has 2 aromatic heterocycles. The molecule has 1 amide bonds. The van der Waals surface area contributed by atoms with Crippen LogP contribution >= 0.6 is 0 Å². The van der Waals surface area contributed by atoms with Gasteiger partial charge in [0, 0.05) is 13.5 Å². The van der Waals surface area contributed by atoms with Gasteiger partial charge < -0.3 is 19.0 Å². The van der Waals surface area contributed by atoms with Crippen molar-refractivity contribution in [3.8, 4) is 0 Å². The van der Waals surface area contributed by atoms with E-state index in [-0.39, 0.29) is 11.9 Å². The molecule has 1 N–H and O–H groups in total. The quantitative estimate of drug-likeness (QED) is 0.847. The number of methoxy groups -OCH3 is 1. The van der Waals surface area contributed by atoms with Crippen LogP contribution in [0.15, 0.2) is 27.5 Å². The van der Waals surface area contributed by atoms with Gasteiger partial charge in [0.15, 0.2) is 5.82 Å². The highest BCUT2D eigenvalue weighted by Crippen LogP contribution is 2.11. The van der Waals surface area contributed by atoms with E-state index < -0.39 is 0 Å². The number of amides is 1. The van der Waals surface area contributed by atoms with Gasteiger partial charge in [-0.3, -0.25) is 4.79 Å². The summed E-state index contributed by atoms with van der Waals surface area (Å²) in [5.41, 5.74) is 0.450. The Labute approximate surface area is 109 Å². The van der Waals surface area contributed by atoms with Crippen molar-refractivity contribution in [1.82, 2.24) is 15.5 Å². The van der Waals surface area contributed by atoms with Crippen LogP contribution < -0.4 is 5.32 Å². The van der Waals surface area contributed by atoms with Crippen molar-refractivity contribution in [2.45, 2.75) is 19.4 Å². The lowest BCUT2D eigenvalue weighted by Gasteiger charge is -2.07. The average Bonchev–Trinajstić information content (AvgIpc) is 3.07. The molecule has 2 heterocycles. The Bertz CT molecular complexity index is 521. The molecule has 102 valence electrons. The third-order valence-electron chi connectivity index (χ3n) is 2.51. The topological polar surface area (TPSA) is 90.4 Å². The van der Waals surface area contributed by atoms with Crippen LogP contribution in [0.2, 0.25) is 0 Å². The van der Waals surface area contributed by atoms with Gasteiger partial charge in [-0.05, 0) is 13.0 Å². The molecule has 0 fully saturated rings. The highest BCUT2D eigenvalue weighted by molar-refractivity contribution is 5.93. The molecule has 0 radical (unpaired) electrons. The van der Waals surface area contributed by atoms with Crippen molar-refractivity contribution in [3.63, 3.8) is 0 Å². The number of hydrogen-bond acceptors (Lipinski definition) is 6. The fraction of sp³-hybridized carbons (Fsp3) is 0.417. The van der Waals surface area contributed by atoms with Gasteiger partial charge >= 0.3 is 0 Å². The molecular weight excluding hydrogens is 250 g/mol. The van der Waals surface area contributed by atoms with Gasteiger partial charge in [-0.15, -0.1) is 0 Å². The molecule has 0 unspecified atom stereocenters. The third-order valence-corrected chi connectivity index (χ3v) is 2.51. The molecule has 0 saturated carbocycles. The van der Waals surface area contributed by atoms with Crippen LogP contribution in [0.3, 0.4) is 0 Å². The SMILES string of the molecule is COCCc1noc([C@@H](C)NC(=O)c2ccoc2)n1. The number of carbonyl (C=O) groups is 1. The maximum Gasteiger partial charge on any atom is 0.255 e. The van der Waals surface area contributed by atoms with Crippen molar-refractivity contribution in [1.29, 1.82) is 0 Å². The molecular formula is C12H15N3O4. The van der Waals surface area contributed by atoms with Gasteiger partial charge in [0.05, 0.1) is 18.4 Å². The molecule has 0 aliphatic carbocycles. The van der Waals surface area contributed by atoms with E-state index in [1.54, 1.807) is 20.1 Å². The maximum atomic E-state index is 11.8. The molecule has 2 rings (SSSR count). The smallest absolute Gasteiger partial charge is 0.255 e. The fourth-order valence-corrected chi connectivity index (χ4v) is 1.47. The molecule has 0 saturated heterocycles. The summed E-state index contributed by atoms with van der Waals surface area (Å²) in [7, 11) is 1.61. The Morgan fingerprint density at radius 3 is 3.11 bits per heavy atom. The summed E-state index contributed by atoms with van der Waals surface area (Å²) in [6, 6.07) is 1.21. The Morgan fingerprint density at radius 2 is 2.42 bits per heavy atom.